The van der Waals surface area contributed by atoms with E-state index in [0.717, 1.165) is 18.4 Å². The van der Waals surface area contributed by atoms with Gasteiger partial charge in [-0.15, -0.1) is 0 Å². The molecule has 0 unspecified atom stereocenters. The zero-order valence-corrected chi connectivity index (χ0v) is 20.9. The maximum Gasteiger partial charge on any atom is 0.167 e. The van der Waals surface area contributed by atoms with Crippen molar-refractivity contribution in [3.05, 3.63) is 102 Å². The molecular weight excluding hydrogens is 477 g/mol. The summed E-state index contributed by atoms with van der Waals surface area (Å²) in [5, 5.41) is 0. The number of benzene rings is 4. The topological polar surface area (TPSA) is 27.7 Å². The molecule has 0 spiro atoms. The lowest BCUT2D eigenvalue weighted by atomic mass is 10.0. The van der Waals surface area contributed by atoms with Crippen molar-refractivity contribution in [1.29, 1.82) is 0 Å². The Morgan fingerprint density at radius 3 is 1.92 bits per heavy atom. The number of halogens is 3. The van der Waals surface area contributed by atoms with E-state index in [1.165, 1.54) is 12.1 Å². The summed E-state index contributed by atoms with van der Waals surface area (Å²) in [6, 6.07) is 21.8. The van der Waals surface area contributed by atoms with Crippen LogP contribution in [0, 0.1) is 17.5 Å². The Hall–Kier alpha value is -3.93. The lowest BCUT2D eigenvalue weighted by Crippen LogP contribution is -2.02. The van der Waals surface area contributed by atoms with Crippen LogP contribution in [0.15, 0.2) is 78.9 Å². The monoisotopic (exact) mass is 506 g/mol. The van der Waals surface area contributed by atoms with E-state index < -0.39 is 17.5 Å². The standard InChI is InChI=1S/C31H29F3O3/c1-3-5-18-36-25-14-8-22(9-15-25)27-16-10-24(30(33)31(27)34)20-37-26-12-6-21(7-13-26)23-11-17-29(35-4-2)28(32)19-23/h6-17,19H,3-5,18,20H2,1-2H3. The van der Waals surface area contributed by atoms with E-state index in [1.807, 2.05) is 0 Å². The molecule has 0 aliphatic heterocycles. The van der Waals surface area contributed by atoms with Gasteiger partial charge in [0.05, 0.1) is 13.2 Å². The molecule has 4 aromatic carbocycles. The van der Waals surface area contributed by atoms with Crippen molar-refractivity contribution in [3.8, 4) is 39.5 Å². The quantitative estimate of drug-likeness (QED) is 0.191. The average molecular weight is 507 g/mol. The van der Waals surface area contributed by atoms with Crippen molar-refractivity contribution in [1.82, 2.24) is 0 Å². The molecule has 0 aliphatic carbocycles. The van der Waals surface area contributed by atoms with Gasteiger partial charge >= 0.3 is 0 Å². The molecule has 6 heteroatoms. The summed E-state index contributed by atoms with van der Waals surface area (Å²) in [6.45, 7) is 4.75. The first-order valence-electron chi connectivity index (χ1n) is 12.4. The summed E-state index contributed by atoms with van der Waals surface area (Å²) in [7, 11) is 0. The Bertz CT molecular complexity index is 1320. The molecule has 37 heavy (non-hydrogen) atoms. The summed E-state index contributed by atoms with van der Waals surface area (Å²) in [5.74, 6) is -0.910. The number of rotatable bonds is 11. The van der Waals surface area contributed by atoms with Gasteiger partial charge in [-0.25, -0.2) is 13.2 Å². The van der Waals surface area contributed by atoms with Crippen molar-refractivity contribution in [2.45, 2.75) is 33.3 Å². The minimum atomic E-state index is -0.942. The largest absolute Gasteiger partial charge is 0.494 e. The lowest BCUT2D eigenvalue weighted by molar-refractivity contribution is 0.297. The highest BCUT2D eigenvalue weighted by Crippen LogP contribution is 2.30. The predicted molar refractivity (Wildman–Crippen MR) is 140 cm³/mol. The first-order valence-corrected chi connectivity index (χ1v) is 12.4. The van der Waals surface area contributed by atoms with E-state index >= 15 is 0 Å². The average Bonchev–Trinajstić information content (AvgIpc) is 2.92. The predicted octanol–water partition coefficient (Wildman–Crippen LogP) is 8.59. The van der Waals surface area contributed by atoms with Crippen LogP contribution in [0.2, 0.25) is 0 Å². The van der Waals surface area contributed by atoms with Crippen LogP contribution in [0.3, 0.4) is 0 Å². The maximum absolute atomic E-state index is 14.9. The molecule has 0 amide bonds. The summed E-state index contributed by atoms with van der Waals surface area (Å²) in [6.07, 6.45) is 1.99. The smallest absolute Gasteiger partial charge is 0.167 e. The Morgan fingerprint density at radius 1 is 0.622 bits per heavy atom. The maximum atomic E-state index is 14.9. The summed E-state index contributed by atoms with van der Waals surface area (Å²) < 4.78 is 60.4. The second kappa shape index (κ2) is 12.3. The molecule has 0 radical (unpaired) electrons. The van der Waals surface area contributed by atoms with Crippen LogP contribution in [0.5, 0.6) is 17.2 Å². The zero-order valence-electron chi connectivity index (χ0n) is 20.9. The SMILES string of the molecule is CCCCOc1ccc(-c2ccc(COc3ccc(-c4ccc(OCC)c(F)c4)cc3)c(F)c2F)cc1. The fraction of sp³-hybridized carbons (Fsp3) is 0.226. The molecule has 0 heterocycles. The van der Waals surface area contributed by atoms with Gasteiger partial charge in [0.15, 0.2) is 23.2 Å². The number of unbranched alkanes of at least 4 members (excludes halogenated alkanes) is 1. The third-order valence-corrected chi connectivity index (χ3v) is 5.91. The zero-order chi connectivity index (χ0) is 26.2. The molecule has 0 bridgehead atoms. The Kier molecular flexibility index (Phi) is 8.72. The Morgan fingerprint density at radius 2 is 1.27 bits per heavy atom. The van der Waals surface area contributed by atoms with Gasteiger partial charge in [-0.2, -0.15) is 0 Å². The van der Waals surface area contributed by atoms with E-state index in [1.54, 1.807) is 73.7 Å². The van der Waals surface area contributed by atoms with Crippen LogP contribution in [0.25, 0.3) is 22.3 Å². The van der Waals surface area contributed by atoms with Gasteiger partial charge in [0, 0.05) is 11.1 Å². The first-order chi connectivity index (χ1) is 18.0. The van der Waals surface area contributed by atoms with Gasteiger partial charge in [0.2, 0.25) is 0 Å². The number of hydrogen-bond acceptors (Lipinski definition) is 3. The van der Waals surface area contributed by atoms with Crippen molar-refractivity contribution in [2.75, 3.05) is 13.2 Å². The molecule has 192 valence electrons. The van der Waals surface area contributed by atoms with E-state index in [2.05, 4.69) is 6.92 Å². The Balaban J connectivity index is 1.40. The third-order valence-electron chi connectivity index (χ3n) is 5.91. The molecule has 0 aliphatic rings. The molecule has 0 fully saturated rings. The van der Waals surface area contributed by atoms with Gasteiger partial charge < -0.3 is 14.2 Å². The third kappa shape index (κ3) is 6.45. The highest BCUT2D eigenvalue weighted by molar-refractivity contribution is 5.66. The van der Waals surface area contributed by atoms with Crippen molar-refractivity contribution in [2.24, 2.45) is 0 Å². The molecule has 0 aromatic heterocycles. The second-order valence-corrected chi connectivity index (χ2v) is 8.52. The normalized spacial score (nSPS) is 10.8. The van der Waals surface area contributed by atoms with E-state index in [0.29, 0.717) is 35.8 Å². The highest BCUT2D eigenvalue weighted by atomic mass is 19.2. The molecule has 0 atom stereocenters. The molecular formula is C31H29F3O3. The summed E-state index contributed by atoms with van der Waals surface area (Å²) in [4.78, 5) is 0. The Labute approximate surface area is 215 Å². The van der Waals surface area contributed by atoms with Gasteiger partial charge in [0.25, 0.3) is 0 Å². The van der Waals surface area contributed by atoms with E-state index in [4.69, 9.17) is 14.2 Å². The fourth-order valence-corrected chi connectivity index (χ4v) is 3.85. The number of hydrogen-bond donors (Lipinski definition) is 0. The van der Waals surface area contributed by atoms with Crippen LogP contribution >= 0.6 is 0 Å². The van der Waals surface area contributed by atoms with E-state index in [-0.39, 0.29) is 23.5 Å². The van der Waals surface area contributed by atoms with Crippen LogP contribution < -0.4 is 14.2 Å². The van der Waals surface area contributed by atoms with Gasteiger partial charge in [-0.05, 0) is 66.4 Å². The van der Waals surface area contributed by atoms with Gasteiger partial charge in [-0.3, -0.25) is 0 Å². The lowest BCUT2D eigenvalue weighted by Gasteiger charge is -2.12. The molecule has 4 aromatic rings. The summed E-state index contributed by atoms with van der Waals surface area (Å²) in [5.41, 5.74) is 2.33. The highest BCUT2D eigenvalue weighted by Gasteiger charge is 2.15. The van der Waals surface area contributed by atoms with Crippen LogP contribution in [-0.4, -0.2) is 13.2 Å². The first kappa shape index (κ1) is 26.1. The van der Waals surface area contributed by atoms with E-state index in [9.17, 15) is 13.2 Å². The van der Waals surface area contributed by atoms with Gasteiger partial charge in [-0.1, -0.05) is 55.8 Å². The fourth-order valence-electron chi connectivity index (χ4n) is 3.85. The molecule has 3 nitrogen and oxygen atoms in total. The molecule has 0 saturated carbocycles. The van der Waals surface area contributed by atoms with Crippen LogP contribution in [0.1, 0.15) is 32.3 Å². The summed E-state index contributed by atoms with van der Waals surface area (Å²) >= 11 is 0. The number of ether oxygens (including phenoxy) is 3. The van der Waals surface area contributed by atoms with Crippen molar-refractivity contribution >= 4 is 0 Å². The van der Waals surface area contributed by atoms with Gasteiger partial charge in [0.1, 0.15) is 18.1 Å². The minimum Gasteiger partial charge on any atom is -0.494 e. The van der Waals surface area contributed by atoms with Crippen LogP contribution in [-0.2, 0) is 6.61 Å². The second-order valence-electron chi connectivity index (χ2n) is 8.52. The molecule has 0 saturated heterocycles. The minimum absolute atomic E-state index is 0.110. The van der Waals surface area contributed by atoms with Crippen LogP contribution in [0.4, 0.5) is 13.2 Å². The molecule has 0 N–H and O–H groups in total. The molecule has 4 rings (SSSR count). The van der Waals surface area contributed by atoms with Crippen molar-refractivity contribution < 1.29 is 27.4 Å². The van der Waals surface area contributed by atoms with Crippen molar-refractivity contribution in [3.63, 3.8) is 0 Å².